The smallest absolute Gasteiger partial charge is 0.194 e. The molecule has 5 aromatic rings. The summed E-state index contributed by atoms with van der Waals surface area (Å²) >= 11 is 0. The van der Waals surface area contributed by atoms with Gasteiger partial charge >= 0.3 is 49.4 Å². The van der Waals surface area contributed by atoms with Crippen LogP contribution in [0.5, 0.6) is 0 Å². The number of rotatable bonds is 6. The van der Waals surface area contributed by atoms with Gasteiger partial charge in [-0.2, -0.15) is 132 Å². The third kappa shape index (κ3) is 13.4. The lowest BCUT2D eigenvalue weighted by Crippen LogP contribution is -2.75. The molecule has 5 rings (SSSR count). The van der Waals surface area contributed by atoms with Crippen LogP contribution in [-0.4, -0.2) is 18.7 Å². The van der Waals surface area contributed by atoms with Crippen molar-refractivity contribution in [3.63, 3.8) is 0 Å². The fourth-order valence-corrected chi connectivity index (χ4v) is 7.94. The van der Waals surface area contributed by atoms with Crippen LogP contribution in [-0.2, 0) is 66.1 Å². The van der Waals surface area contributed by atoms with Crippen molar-refractivity contribution >= 4 is 38.9 Å². The molecule has 0 unspecified atom stereocenters. The maximum Gasteiger partial charge on any atom is 0.416 e. The van der Waals surface area contributed by atoms with E-state index in [1.165, 1.54) is 5.56 Å². The van der Waals surface area contributed by atoms with Crippen molar-refractivity contribution in [3.8, 4) is 6.07 Å². The van der Waals surface area contributed by atoms with Gasteiger partial charge in [0.1, 0.15) is 11.9 Å². The number of nitriles is 1. The largest absolute Gasteiger partial charge is 0.416 e. The van der Waals surface area contributed by atoms with Gasteiger partial charge < -0.3 is 0 Å². The van der Waals surface area contributed by atoms with E-state index in [2.05, 4.69) is 18.6 Å². The average molecular weight is 1040 g/mol. The van der Waals surface area contributed by atoms with Gasteiger partial charge in [0.15, 0.2) is 0 Å². The third-order valence-corrected chi connectivity index (χ3v) is 10.9. The van der Waals surface area contributed by atoms with Crippen molar-refractivity contribution in [2.24, 2.45) is 0 Å². The van der Waals surface area contributed by atoms with Crippen molar-refractivity contribution in [1.29, 1.82) is 5.26 Å². The molecular weight excluding hydrogens is 1020 g/mol. The molecule has 0 fully saturated rings. The van der Waals surface area contributed by atoms with E-state index in [1.54, 1.807) is 0 Å². The Morgan fingerprint density at radius 2 is 0.536 bits per heavy atom. The van der Waals surface area contributed by atoms with E-state index < -0.39 is 195 Å². The zero-order chi connectivity index (χ0) is 52.9. The Morgan fingerprint density at radius 1 is 0.348 bits per heavy atom. The molecule has 27 heteroatoms. The predicted molar refractivity (Wildman–Crippen MR) is 204 cm³/mol. The molecular formula is C42H24BF24NS. The second-order valence-electron chi connectivity index (χ2n) is 15.2. The normalized spacial score (nSPS) is 13.5. The quantitative estimate of drug-likeness (QED) is 0.0944. The van der Waals surface area contributed by atoms with E-state index in [4.69, 9.17) is 5.26 Å². The summed E-state index contributed by atoms with van der Waals surface area (Å²) in [6.45, 7) is 0. The second-order valence-corrected chi connectivity index (χ2v) is 17.4. The van der Waals surface area contributed by atoms with Gasteiger partial charge in [-0.25, -0.2) is 0 Å². The van der Waals surface area contributed by atoms with Gasteiger partial charge in [0.25, 0.3) is 0 Å². The number of halogens is 24. The highest BCUT2D eigenvalue weighted by molar-refractivity contribution is 7.94. The van der Waals surface area contributed by atoms with Crippen LogP contribution in [0.3, 0.4) is 0 Å². The van der Waals surface area contributed by atoms with Crippen LogP contribution >= 0.6 is 0 Å². The first-order chi connectivity index (χ1) is 31.0. The number of benzene rings is 5. The maximum absolute atomic E-state index is 14.2. The second kappa shape index (κ2) is 18.9. The SMILES string of the molecule is C[S+](C)Cc1ccc(C#N)cc1.FC(F)(F)c1cc([B-](c2cc(C(F)(F)F)cc(C(F)(F)F)c2)(c2cc(C(F)(F)F)cc(C(F)(F)F)c2)c2cc(C(F)(F)F)cc(C(F)(F)F)c2)cc(C(F)(F)F)c1. The molecule has 0 spiro atoms. The van der Waals surface area contributed by atoms with Gasteiger partial charge in [-0.05, 0) is 47.3 Å². The molecule has 0 aliphatic heterocycles. The molecule has 0 N–H and O–H groups in total. The van der Waals surface area contributed by atoms with Crippen LogP contribution in [0.4, 0.5) is 105 Å². The van der Waals surface area contributed by atoms with E-state index in [1.807, 2.05) is 24.3 Å². The topological polar surface area (TPSA) is 23.8 Å². The van der Waals surface area contributed by atoms with Crippen LogP contribution in [0.15, 0.2) is 97.1 Å². The van der Waals surface area contributed by atoms with Crippen LogP contribution < -0.4 is 21.9 Å². The molecule has 0 amide bonds. The molecule has 0 aliphatic carbocycles. The van der Waals surface area contributed by atoms with Gasteiger partial charge in [-0.3, -0.25) is 0 Å². The predicted octanol–water partition coefficient (Wildman–Crippen LogP) is 13.2. The van der Waals surface area contributed by atoms with Gasteiger partial charge in [0, 0.05) is 5.56 Å². The van der Waals surface area contributed by atoms with Crippen molar-refractivity contribution in [2.75, 3.05) is 12.5 Å². The molecule has 0 aromatic heterocycles. The molecule has 0 heterocycles. The molecule has 1 nitrogen and oxygen atoms in total. The third-order valence-electron chi connectivity index (χ3n) is 9.98. The minimum Gasteiger partial charge on any atom is -0.194 e. The Labute approximate surface area is 375 Å². The van der Waals surface area contributed by atoms with E-state index in [-0.39, 0.29) is 0 Å². The van der Waals surface area contributed by atoms with Crippen LogP contribution in [0, 0.1) is 11.3 Å². The first kappa shape index (κ1) is 55.9. The fraction of sp³-hybridized carbons (Fsp3) is 0.262. The van der Waals surface area contributed by atoms with Crippen molar-refractivity contribution in [2.45, 2.75) is 55.2 Å². The number of alkyl halides is 24. The molecule has 0 saturated heterocycles. The summed E-state index contributed by atoms with van der Waals surface area (Å²) in [7, 11) is 0.442. The Balaban J connectivity index is 0.000000750. The fourth-order valence-electron chi connectivity index (χ4n) is 7.08. The van der Waals surface area contributed by atoms with Gasteiger partial charge in [-0.1, -0.05) is 60.7 Å². The summed E-state index contributed by atoms with van der Waals surface area (Å²) in [6.07, 6.45) is -50.4. The standard InChI is InChI=1S/C32H12BF24.C10H12NS/c34-25(35,36)13-1-14(26(37,38)39)6-21(5-13)33(22-7-15(27(40,41)42)2-16(8-22)28(43,44)45,23-9-17(29(46,47)48)3-18(10-23)30(49,50)51)24-11-19(31(52,53)54)4-20(12-24)32(55,56)57;1-12(2)8-10-5-3-9(7-11)4-6-10/h1-12H;3-6H,8H2,1-2H3/q-1;+1. The summed E-state index contributed by atoms with van der Waals surface area (Å²) in [4.78, 5) is 0. The van der Waals surface area contributed by atoms with Crippen LogP contribution in [0.2, 0.25) is 0 Å². The number of hydrogen-bond donors (Lipinski definition) is 0. The highest BCUT2D eigenvalue weighted by Gasteiger charge is 2.47. The zero-order valence-corrected chi connectivity index (χ0v) is 34.8. The summed E-state index contributed by atoms with van der Waals surface area (Å²) in [5.74, 6) is 1.12. The Hall–Kier alpha value is -5.68. The lowest BCUT2D eigenvalue weighted by molar-refractivity contribution is -0.144. The molecule has 374 valence electrons. The molecule has 0 atom stereocenters. The lowest BCUT2D eigenvalue weighted by Gasteiger charge is -2.46. The lowest BCUT2D eigenvalue weighted by atomic mass is 9.12. The van der Waals surface area contributed by atoms with E-state index in [9.17, 15) is 105 Å². The maximum atomic E-state index is 14.2. The summed E-state index contributed by atoms with van der Waals surface area (Å²) < 4.78 is 341. The zero-order valence-electron chi connectivity index (χ0n) is 33.9. The van der Waals surface area contributed by atoms with Crippen molar-refractivity contribution in [1.82, 2.24) is 0 Å². The number of nitrogens with zero attached hydrogens (tertiary/aromatic N) is 1. The molecule has 69 heavy (non-hydrogen) atoms. The first-order valence-electron chi connectivity index (χ1n) is 18.4. The number of hydrogen-bond acceptors (Lipinski definition) is 1. The Kier molecular flexibility index (Phi) is 15.3. The Bertz CT molecular complexity index is 2240. The monoisotopic (exact) mass is 1040 g/mol. The highest BCUT2D eigenvalue weighted by Crippen LogP contribution is 2.41. The van der Waals surface area contributed by atoms with E-state index in [0.717, 1.165) is 11.3 Å². The van der Waals surface area contributed by atoms with Crippen molar-refractivity contribution in [3.05, 3.63) is 153 Å². The van der Waals surface area contributed by atoms with Gasteiger partial charge in [0.2, 0.25) is 0 Å². The molecule has 0 radical (unpaired) electrons. The first-order valence-corrected chi connectivity index (χ1v) is 20.6. The highest BCUT2D eigenvalue weighted by atomic mass is 32.2. The molecule has 0 aliphatic rings. The average Bonchev–Trinajstić information content (AvgIpc) is 3.18. The minimum absolute atomic E-state index is 0.442. The minimum atomic E-state index is -6.13. The summed E-state index contributed by atoms with van der Waals surface area (Å²) in [5, 5.41) is 8.56. The molecule has 5 aromatic carbocycles. The summed E-state index contributed by atoms with van der Waals surface area (Å²) in [6, 6.07) is 1.12. The van der Waals surface area contributed by atoms with Gasteiger partial charge in [0.05, 0.1) is 68.7 Å². The van der Waals surface area contributed by atoms with Gasteiger partial charge in [-0.15, -0.1) is 0 Å². The van der Waals surface area contributed by atoms with E-state index >= 15 is 0 Å². The molecule has 0 bridgehead atoms. The van der Waals surface area contributed by atoms with Crippen molar-refractivity contribution < 1.29 is 105 Å². The van der Waals surface area contributed by atoms with E-state index in [0.29, 0.717) is 10.9 Å². The van der Waals surface area contributed by atoms with Crippen LogP contribution in [0.25, 0.3) is 0 Å². The molecule has 0 saturated carbocycles. The van der Waals surface area contributed by atoms with Crippen LogP contribution in [0.1, 0.15) is 55.6 Å². The Morgan fingerprint density at radius 3 is 0.681 bits per heavy atom. The summed E-state index contributed by atoms with van der Waals surface area (Å²) in [5.41, 5.74) is -28.1.